The maximum absolute atomic E-state index is 13.9. The molecule has 5 nitrogen and oxygen atoms in total. The van der Waals surface area contributed by atoms with E-state index in [0.717, 1.165) is 19.4 Å². The molecular formula is C17H20ClFN2O3. The van der Waals surface area contributed by atoms with Crippen molar-refractivity contribution in [3.63, 3.8) is 0 Å². The number of aliphatic carboxylic acids is 1. The number of hydrogen-bond acceptors (Lipinski definition) is 3. The van der Waals surface area contributed by atoms with E-state index in [1.54, 1.807) is 4.90 Å². The number of nitrogens with zero attached hydrogens (tertiary/aromatic N) is 2. The van der Waals surface area contributed by atoms with Gasteiger partial charge in [0.1, 0.15) is 11.9 Å². The monoisotopic (exact) mass is 354 g/mol. The van der Waals surface area contributed by atoms with E-state index in [1.807, 2.05) is 11.9 Å². The Morgan fingerprint density at radius 2 is 2.00 bits per heavy atom. The fourth-order valence-electron chi connectivity index (χ4n) is 3.92. The SMILES string of the molecule is CN1CC2(CCN(C(=O)c3cc(Cl)ccc3F)CC2)CC1C(=O)O. The van der Waals surface area contributed by atoms with Crippen LogP contribution in [0.2, 0.25) is 5.02 Å². The highest BCUT2D eigenvalue weighted by atomic mass is 35.5. The van der Waals surface area contributed by atoms with E-state index in [9.17, 15) is 19.1 Å². The van der Waals surface area contributed by atoms with Crippen LogP contribution in [0.4, 0.5) is 4.39 Å². The van der Waals surface area contributed by atoms with Crippen molar-refractivity contribution in [2.45, 2.75) is 25.3 Å². The van der Waals surface area contributed by atoms with Gasteiger partial charge in [0.05, 0.1) is 5.56 Å². The predicted molar refractivity (Wildman–Crippen MR) is 87.7 cm³/mol. The van der Waals surface area contributed by atoms with Gasteiger partial charge >= 0.3 is 5.97 Å². The number of amides is 1. The summed E-state index contributed by atoms with van der Waals surface area (Å²) >= 11 is 5.86. The van der Waals surface area contributed by atoms with Crippen molar-refractivity contribution in [3.8, 4) is 0 Å². The molecule has 1 amide bonds. The van der Waals surface area contributed by atoms with Gasteiger partial charge in [0.25, 0.3) is 5.91 Å². The van der Waals surface area contributed by atoms with E-state index in [-0.39, 0.29) is 16.9 Å². The topological polar surface area (TPSA) is 60.9 Å². The Bertz CT molecular complexity index is 674. The van der Waals surface area contributed by atoms with Crippen molar-refractivity contribution < 1.29 is 19.1 Å². The molecule has 1 unspecified atom stereocenters. The first-order chi connectivity index (χ1) is 11.3. The molecule has 1 spiro atoms. The molecule has 0 saturated carbocycles. The lowest BCUT2D eigenvalue weighted by atomic mass is 9.76. The Morgan fingerprint density at radius 1 is 1.33 bits per heavy atom. The van der Waals surface area contributed by atoms with Gasteiger partial charge in [-0.25, -0.2) is 4.39 Å². The number of halogens is 2. The first-order valence-electron chi connectivity index (χ1n) is 7.99. The van der Waals surface area contributed by atoms with Crippen molar-refractivity contribution in [3.05, 3.63) is 34.6 Å². The number of carbonyl (C=O) groups is 2. The van der Waals surface area contributed by atoms with Crippen molar-refractivity contribution in [1.29, 1.82) is 0 Å². The zero-order valence-corrected chi connectivity index (χ0v) is 14.2. The van der Waals surface area contributed by atoms with Crippen molar-refractivity contribution in [2.75, 3.05) is 26.7 Å². The van der Waals surface area contributed by atoms with E-state index >= 15 is 0 Å². The average Bonchev–Trinajstić information content (AvgIpc) is 2.86. The Labute approximate surface area is 145 Å². The molecule has 1 N–H and O–H groups in total. The summed E-state index contributed by atoms with van der Waals surface area (Å²) in [4.78, 5) is 27.3. The van der Waals surface area contributed by atoms with Crippen LogP contribution in [0.15, 0.2) is 18.2 Å². The number of likely N-dealkylation sites (N-methyl/N-ethyl adjacent to an activating group) is 1. The fourth-order valence-corrected chi connectivity index (χ4v) is 4.10. The van der Waals surface area contributed by atoms with Gasteiger partial charge in [-0.2, -0.15) is 0 Å². The smallest absolute Gasteiger partial charge is 0.320 e. The van der Waals surface area contributed by atoms with E-state index in [1.165, 1.54) is 18.2 Å². The second-order valence-electron chi connectivity index (χ2n) is 6.89. The molecule has 2 aliphatic heterocycles. The molecular weight excluding hydrogens is 335 g/mol. The van der Waals surface area contributed by atoms with Crippen molar-refractivity contribution >= 4 is 23.5 Å². The van der Waals surface area contributed by atoms with Gasteiger partial charge in [-0.1, -0.05) is 11.6 Å². The molecule has 7 heteroatoms. The molecule has 3 rings (SSSR count). The van der Waals surface area contributed by atoms with Crippen LogP contribution in [-0.4, -0.2) is 59.5 Å². The molecule has 0 aliphatic carbocycles. The van der Waals surface area contributed by atoms with E-state index in [4.69, 9.17) is 11.6 Å². The Hall–Kier alpha value is -1.66. The Balaban J connectivity index is 1.68. The minimum atomic E-state index is -0.797. The highest BCUT2D eigenvalue weighted by Crippen LogP contribution is 2.43. The van der Waals surface area contributed by atoms with Crippen LogP contribution in [0, 0.1) is 11.2 Å². The van der Waals surface area contributed by atoms with Gasteiger partial charge in [0.15, 0.2) is 0 Å². The maximum Gasteiger partial charge on any atom is 0.320 e. The molecule has 1 aromatic rings. The molecule has 0 radical (unpaired) electrons. The van der Waals surface area contributed by atoms with Crippen LogP contribution < -0.4 is 0 Å². The Kier molecular flexibility index (Phi) is 4.53. The average molecular weight is 355 g/mol. The highest BCUT2D eigenvalue weighted by Gasteiger charge is 2.47. The lowest BCUT2D eigenvalue weighted by Gasteiger charge is -2.39. The number of likely N-dealkylation sites (tertiary alicyclic amines) is 2. The summed E-state index contributed by atoms with van der Waals surface area (Å²) in [7, 11) is 1.83. The molecule has 1 atom stereocenters. The molecule has 0 aromatic heterocycles. The number of hydrogen-bond donors (Lipinski definition) is 1. The summed E-state index contributed by atoms with van der Waals surface area (Å²) in [6.45, 7) is 1.73. The number of carboxylic acids is 1. The number of piperidine rings is 1. The van der Waals surface area contributed by atoms with E-state index < -0.39 is 17.8 Å². The molecule has 24 heavy (non-hydrogen) atoms. The fraction of sp³-hybridized carbons (Fsp3) is 0.529. The van der Waals surface area contributed by atoms with Crippen LogP contribution >= 0.6 is 11.6 Å². The third-order valence-corrected chi connectivity index (χ3v) is 5.53. The second-order valence-corrected chi connectivity index (χ2v) is 7.33. The van der Waals surface area contributed by atoms with Gasteiger partial charge in [0, 0.05) is 24.7 Å². The van der Waals surface area contributed by atoms with Crippen LogP contribution in [-0.2, 0) is 4.79 Å². The third-order valence-electron chi connectivity index (χ3n) is 5.30. The molecule has 2 aliphatic rings. The van der Waals surface area contributed by atoms with E-state index in [0.29, 0.717) is 24.5 Å². The number of benzene rings is 1. The summed E-state index contributed by atoms with van der Waals surface area (Å²) in [5.74, 6) is -1.73. The normalized spacial score (nSPS) is 23.6. The number of rotatable bonds is 2. The Morgan fingerprint density at radius 3 is 2.58 bits per heavy atom. The van der Waals surface area contributed by atoms with Gasteiger partial charge in [-0.05, 0) is 49.9 Å². The molecule has 0 bridgehead atoms. The van der Waals surface area contributed by atoms with Gasteiger partial charge in [0.2, 0.25) is 0 Å². The maximum atomic E-state index is 13.9. The molecule has 2 saturated heterocycles. The summed E-state index contributed by atoms with van der Waals surface area (Å²) in [5.41, 5.74) is -0.0769. The van der Waals surface area contributed by atoms with Crippen LogP contribution in [0.5, 0.6) is 0 Å². The van der Waals surface area contributed by atoms with Crippen molar-refractivity contribution in [2.24, 2.45) is 5.41 Å². The molecule has 2 heterocycles. The van der Waals surface area contributed by atoms with Gasteiger partial charge < -0.3 is 10.0 Å². The van der Waals surface area contributed by atoms with Gasteiger partial charge in [-0.15, -0.1) is 0 Å². The summed E-state index contributed by atoms with van der Waals surface area (Å²) < 4.78 is 13.9. The molecule has 130 valence electrons. The summed E-state index contributed by atoms with van der Waals surface area (Å²) in [5, 5.41) is 9.61. The lowest BCUT2D eigenvalue weighted by Crippen LogP contribution is -2.44. The summed E-state index contributed by atoms with van der Waals surface area (Å²) in [6, 6.07) is 3.51. The van der Waals surface area contributed by atoms with Crippen molar-refractivity contribution in [1.82, 2.24) is 9.80 Å². The van der Waals surface area contributed by atoms with E-state index in [2.05, 4.69) is 0 Å². The standard InChI is InChI=1S/C17H20ClFN2O3/c1-20-10-17(9-14(20)16(23)24)4-6-21(7-5-17)15(22)12-8-11(18)2-3-13(12)19/h2-3,8,14H,4-7,9-10H2,1H3,(H,23,24). The third kappa shape index (κ3) is 3.13. The minimum absolute atomic E-state index is 0.00889. The van der Waals surface area contributed by atoms with Crippen LogP contribution in [0.1, 0.15) is 29.6 Å². The molecule has 1 aromatic carbocycles. The second kappa shape index (κ2) is 6.33. The molecule has 2 fully saturated rings. The van der Waals surface area contributed by atoms with Crippen LogP contribution in [0.3, 0.4) is 0 Å². The number of carboxylic acid groups (broad SMARTS) is 1. The predicted octanol–water partition coefficient (Wildman–Crippen LogP) is 2.49. The van der Waals surface area contributed by atoms with Crippen LogP contribution in [0.25, 0.3) is 0 Å². The number of carbonyl (C=O) groups excluding carboxylic acids is 1. The highest BCUT2D eigenvalue weighted by molar-refractivity contribution is 6.31. The van der Waals surface area contributed by atoms with Gasteiger partial charge in [-0.3, -0.25) is 14.5 Å². The first-order valence-corrected chi connectivity index (χ1v) is 8.36. The lowest BCUT2D eigenvalue weighted by molar-refractivity contribution is -0.141. The quantitative estimate of drug-likeness (QED) is 0.886. The first kappa shape index (κ1) is 17.2. The largest absolute Gasteiger partial charge is 0.480 e. The zero-order chi connectivity index (χ0) is 17.5. The minimum Gasteiger partial charge on any atom is -0.480 e. The zero-order valence-electron chi connectivity index (χ0n) is 13.5. The summed E-state index contributed by atoms with van der Waals surface area (Å²) in [6.07, 6.45) is 2.07.